The first-order chi connectivity index (χ1) is 14.9. The summed E-state index contributed by atoms with van der Waals surface area (Å²) in [5.74, 6) is 0.867. The summed E-state index contributed by atoms with van der Waals surface area (Å²) < 4.78 is 11.0. The van der Waals surface area contributed by atoms with Crippen LogP contribution in [0.15, 0.2) is 34.9 Å². The van der Waals surface area contributed by atoms with Gasteiger partial charge in [0.25, 0.3) is 5.91 Å². The maximum absolute atomic E-state index is 12.5. The molecule has 7 nitrogen and oxygen atoms in total. The minimum Gasteiger partial charge on any atom is -0.447 e. The highest BCUT2D eigenvalue weighted by Gasteiger charge is 2.21. The monoisotopic (exact) mass is 428 g/mol. The lowest BCUT2D eigenvalue weighted by Crippen LogP contribution is -2.41. The Labute approximate surface area is 185 Å². The molecule has 31 heavy (non-hydrogen) atoms. The van der Waals surface area contributed by atoms with E-state index in [1.807, 2.05) is 0 Å². The van der Waals surface area contributed by atoms with Crippen LogP contribution in [0.25, 0.3) is 0 Å². The Morgan fingerprint density at radius 1 is 1.16 bits per heavy atom. The molecule has 0 spiro atoms. The van der Waals surface area contributed by atoms with E-state index in [2.05, 4.69) is 72.1 Å². The van der Waals surface area contributed by atoms with E-state index in [0.717, 1.165) is 39.4 Å². The number of ether oxygens (including phenoxy) is 1. The van der Waals surface area contributed by atoms with Crippen molar-refractivity contribution >= 4 is 5.91 Å². The van der Waals surface area contributed by atoms with Gasteiger partial charge in [-0.15, -0.1) is 0 Å². The Bertz CT molecular complexity index is 812. The fourth-order valence-corrected chi connectivity index (χ4v) is 3.60. The molecule has 3 rings (SSSR count). The minimum atomic E-state index is -0.190. The molecule has 2 heterocycles. The van der Waals surface area contributed by atoms with Gasteiger partial charge in [-0.3, -0.25) is 14.6 Å². The Morgan fingerprint density at radius 2 is 1.87 bits per heavy atom. The number of hydrogen-bond acceptors (Lipinski definition) is 6. The molecule has 1 amide bonds. The third-order valence-corrected chi connectivity index (χ3v) is 5.99. The van der Waals surface area contributed by atoms with Crippen LogP contribution in [0.1, 0.15) is 48.3 Å². The summed E-state index contributed by atoms with van der Waals surface area (Å²) in [6.45, 7) is 14.9. The normalized spacial score (nSPS) is 16.1. The second kappa shape index (κ2) is 11.4. The van der Waals surface area contributed by atoms with Gasteiger partial charge in [-0.1, -0.05) is 43.7 Å². The molecule has 1 N–H and O–H groups in total. The molecule has 0 bridgehead atoms. The van der Waals surface area contributed by atoms with Crippen LogP contribution in [-0.2, 0) is 17.8 Å². The summed E-state index contributed by atoms with van der Waals surface area (Å²) in [6.07, 6.45) is 1.46. The van der Waals surface area contributed by atoms with Crippen molar-refractivity contribution in [1.82, 2.24) is 20.1 Å². The number of nitrogens with zero attached hydrogens (tertiary/aromatic N) is 3. The van der Waals surface area contributed by atoms with Crippen LogP contribution in [0.4, 0.5) is 0 Å². The van der Waals surface area contributed by atoms with Crippen LogP contribution in [0.5, 0.6) is 0 Å². The van der Waals surface area contributed by atoms with Gasteiger partial charge < -0.3 is 14.5 Å². The molecular weight excluding hydrogens is 392 g/mol. The zero-order valence-electron chi connectivity index (χ0n) is 19.3. The molecule has 7 heteroatoms. The third kappa shape index (κ3) is 7.16. The number of aromatic nitrogens is 1. The summed E-state index contributed by atoms with van der Waals surface area (Å²) in [4.78, 5) is 21.6. The molecular formula is C24H36N4O3. The van der Waals surface area contributed by atoms with Crippen LogP contribution in [0.3, 0.4) is 0 Å². The van der Waals surface area contributed by atoms with Crippen LogP contribution in [0, 0.1) is 12.8 Å². The average Bonchev–Trinajstić information content (AvgIpc) is 3.23. The van der Waals surface area contributed by atoms with Crippen molar-refractivity contribution in [2.45, 2.75) is 46.8 Å². The summed E-state index contributed by atoms with van der Waals surface area (Å²) in [5.41, 5.74) is 2.85. The molecule has 0 aliphatic carbocycles. The van der Waals surface area contributed by atoms with Crippen molar-refractivity contribution in [2.24, 2.45) is 5.92 Å². The largest absolute Gasteiger partial charge is 0.447 e. The van der Waals surface area contributed by atoms with Crippen LogP contribution in [-0.4, -0.2) is 66.1 Å². The summed E-state index contributed by atoms with van der Waals surface area (Å²) in [6, 6.07) is 8.95. The third-order valence-electron chi connectivity index (χ3n) is 5.99. The fourth-order valence-electron chi connectivity index (χ4n) is 3.60. The van der Waals surface area contributed by atoms with E-state index in [-0.39, 0.29) is 5.91 Å². The smallest absolute Gasteiger partial charge is 0.273 e. The Hall–Kier alpha value is -2.22. The molecule has 1 aromatic heterocycles. The second-order valence-electron chi connectivity index (χ2n) is 8.71. The number of amides is 1. The highest BCUT2D eigenvalue weighted by molar-refractivity contribution is 5.91. The standard InChI is InChI=1S/C24H36N4O3/c1-18(2)20(4)28(15-21-7-5-19(3)6-8-21)16-23-26-22(17-31-23)24(29)25-9-10-27-11-13-30-14-12-27/h5-8,17-18,20H,9-16H2,1-4H3,(H,25,29). The van der Waals surface area contributed by atoms with Crippen molar-refractivity contribution < 1.29 is 13.9 Å². The van der Waals surface area contributed by atoms with Crippen LogP contribution in [0.2, 0.25) is 0 Å². The van der Waals surface area contributed by atoms with E-state index in [1.54, 1.807) is 0 Å². The SMILES string of the molecule is Cc1ccc(CN(Cc2nc(C(=O)NCCN3CCOCC3)co2)C(C)C(C)C)cc1. The van der Waals surface area contributed by atoms with Gasteiger partial charge in [0.2, 0.25) is 5.89 Å². The molecule has 1 aromatic carbocycles. The van der Waals surface area contributed by atoms with E-state index in [0.29, 0.717) is 36.6 Å². The van der Waals surface area contributed by atoms with Crippen LogP contribution < -0.4 is 5.32 Å². The predicted octanol–water partition coefficient (Wildman–Crippen LogP) is 3.09. The van der Waals surface area contributed by atoms with Gasteiger partial charge in [-0.2, -0.15) is 0 Å². The number of hydrogen-bond donors (Lipinski definition) is 1. The zero-order valence-corrected chi connectivity index (χ0v) is 19.3. The molecule has 0 radical (unpaired) electrons. The number of nitrogens with one attached hydrogen (secondary N) is 1. The average molecular weight is 429 g/mol. The summed E-state index contributed by atoms with van der Waals surface area (Å²) >= 11 is 0. The van der Waals surface area contributed by atoms with Gasteiger partial charge in [-0.25, -0.2) is 4.98 Å². The van der Waals surface area contributed by atoms with Gasteiger partial charge >= 0.3 is 0 Å². The lowest BCUT2D eigenvalue weighted by Gasteiger charge is -2.30. The highest BCUT2D eigenvalue weighted by Crippen LogP contribution is 2.18. The predicted molar refractivity (Wildman–Crippen MR) is 121 cm³/mol. The molecule has 1 aliphatic rings. The topological polar surface area (TPSA) is 70.8 Å². The number of morpholine rings is 1. The Morgan fingerprint density at radius 3 is 2.55 bits per heavy atom. The van der Waals surface area contributed by atoms with Crippen molar-refractivity contribution in [3.63, 3.8) is 0 Å². The van der Waals surface area contributed by atoms with Crippen molar-refractivity contribution in [3.05, 3.63) is 53.2 Å². The van der Waals surface area contributed by atoms with Gasteiger partial charge in [0.05, 0.1) is 19.8 Å². The van der Waals surface area contributed by atoms with E-state index in [9.17, 15) is 4.79 Å². The Kier molecular flexibility index (Phi) is 8.63. The van der Waals surface area contributed by atoms with E-state index < -0.39 is 0 Å². The fraction of sp³-hybridized carbons (Fsp3) is 0.583. The maximum Gasteiger partial charge on any atom is 0.273 e. The molecule has 170 valence electrons. The van der Waals surface area contributed by atoms with Gasteiger partial charge in [0.15, 0.2) is 5.69 Å². The quantitative estimate of drug-likeness (QED) is 0.627. The molecule has 1 fully saturated rings. The van der Waals surface area contributed by atoms with Crippen LogP contribution >= 0.6 is 0 Å². The number of benzene rings is 1. The van der Waals surface area contributed by atoms with E-state index >= 15 is 0 Å². The Balaban J connectivity index is 1.56. The van der Waals surface area contributed by atoms with Gasteiger partial charge in [0.1, 0.15) is 6.26 Å². The minimum absolute atomic E-state index is 0.190. The zero-order chi connectivity index (χ0) is 22.2. The summed E-state index contributed by atoms with van der Waals surface area (Å²) in [7, 11) is 0. The van der Waals surface area contributed by atoms with Gasteiger partial charge in [0, 0.05) is 38.8 Å². The molecule has 2 aromatic rings. The number of rotatable bonds is 10. The molecule has 1 aliphatic heterocycles. The summed E-state index contributed by atoms with van der Waals surface area (Å²) in [5, 5.41) is 2.94. The second-order valence-corrected chi connectivity index (χ2v) is 8.71. The number of carbonyl (C=O) groups is 1. The van der Waals surface area contributed by atoms with Gasteiger partial charge in [-0.05, 0) is 25.3 Å². The molecule has 1 unspecified atom stereocenters. The number of aryl methyl sites for hydroxylation is 1. The van der Waals surface area contributed by atoms with E-state index in [1.165, 1.54) is 17.4 Å². The number of carbonyl (C=O) groups excluding carboxylic acids is 1. The molecule has 0 saturated carbocycles. The lowest BCUT2D eigenvalue weighted by molar-refractivity contribution is 0.0383. The van der Waals surface area contributed by atoms with Crippen molar-refractivity contribution in [1.29, 1.82) is 0 Å². The lowest BCUT2D eigenvalue weighted by atomic mass is 10.0. The maximum atomic E-state index is 12.5. The molecule has 1 atom stereocenters. The van der Waals surface area contributed by atoms with E-state index in [4.69, 9.17) is 9.15 Å². The highest BCUT2D eigenvalue weighted by atomic mass is 16.5. The van der Waals surface area contributed by atoms with Crippen molar-refractivity contribution in [2.75, 3.05) is 39.4 Å². The molecule has 1 saturated heterocycles. The van der Waals surface area contributed by atoms with Crippen molar-refractivity contribution in [3.8, 4) is 0 Å². The first-order valence-corrected chi connectivity index (χ1v) is 11.2. The number of oxazole rings is 1. The first kappa shape index (κ1) is 23.4. The first-order valence-electron chi connectivity index (χ1n) is 11.2.